The quantitative estimate of drug-likeness (QED) is 0.826. The number of anilines is 1. The number of nitrogens with two attached hydrogens (primary N) is 1. The van der Waals surface area contributed by atoms with E-state index >= 15 is 0 Å². The molecule has 7 heteroatoms. The molecule has 1 aromatic rings. The molecule has 1 aromatic carbocycles. The first-order valence-electron chi connectivity index (χ1n) is 6.56. The summed E-state index contributed by atoms with van der Waals surface area (Å²) in [5, 5.41) is 0. The minimum absolute atomic E-state index is 0.212. The van der Waals surface area contributed by atoms with Gasteiger partial charge in [-0.2, -0.15) is 0 Å². The van der Waals surface area contributed by atoms with Gasteiger partial charge in [0.1, 0.15) is 10.7 Å². The molecule has 0 radical (unpaired) electrons. The Bertz CT molecular complexity index is 571. The molecular formula is C13H19FN2O3S. The Labute approximate surface area is 118 Å². The molecule has 2 rings (SSSR count). The van der Waals surface area contributed by atoms with Crippen LogP contribution in [0, 0.1) is 11.7 Å². The third kappa shape index (κ3) is 3.28. The number of sulfonamides is 1. The number of hydrogen-bond acceptors (Lipinski definition) is 4. The molecule has 1 heterocycles. The number of rotatable bonds is 4. The van der Waals surface area contributed by atoms with Crippen LogP contribution in [0.5, 0.6) is 0 Å². The van der Waals surface area contributed by atoms with Crippen molar-refractivity contribution < 1.29 is 17.5 Å². The average Bonchev–Trinajstić information content (AvgIpc) is 2.42. The van der Waals surface area contributed by atoms with Crippen LogP contribution in [-0.4, -0.2) is 27.7 Å². The fourth-order valence-electron chi connectivity index (χ4n) is 2.37. The van der Waals surface area contributed by atoms with Crippen LogP contribution < -0.4 is 10.5 Å². The second kappa shape index (κ2) is 6.07. The van der Waals surface area contributed by atoms with E-state index in [1.807, 2.05) is 6.92 Å². The Morgan fingerprint density at radius 1 is 1.40 bits per heavy atom. The van der Waals surface area contributed by atoms with E-state index in [1.165, 1.54) is 12.1 Å². The van der Waals surface area contributed by atoms with E-state index in [0.717, 1.165) is 18.9 Å². The van der Waals surface area contributed by atoms with E-state index in [9.17, 15) is 12.8 Å². The van der Waals surface area contributed by atoms with E-state index in [-0.39, 0.29) is 22.5 Å². The van der Waals surface area contributed by atoms with Gasteiger partial charge in [-0.15, -0.1) is 0 Å². The topological polar surface area (TPSA) is 81.4 Å². The minimum Gasteiger partial charge on any atom is -0.395 e. The number of halogens is 1. The predicted molar refractivity (Wildman–Crippen MR) is 74.1 cm³/mol. The summed E-state index contributed by atoms with van der Waals surface area (Å²) in [7, 11) is -3.82. The largest absolute Gasteiger partial charge is 0.395 e. The third-order valence-electron chi connectivity index (χ3n) is 3.62. The maximum absolute atomic E-state index is 13.4. The lowest BCUT2D eigenvalue weighted by atomic mass is 9.94. The summed E-state index contributed by atoms with van der Waals surface area (Å²) in [6, 6.07) is 3.53. The number of ether oxygens (including phenoxy) is 1. The molecule has 0 bridgehead atoms. The summed E-state index contributed by atoms with van der Waals surface area (Å²) in [6.07, 6.45) is 1.62. The Morgan fingerprint density at radius 3 is 2.70 bits per heavy atom. The smallest absolute Gasteiger partial charge is 0.242 e. The van der Waals surface area contributed by atoms with Crippen molar-refractivity contribution in [2.45, 2.75) is 30.7 Å². The van der Waals surface area contributed by atoms with Crippen LogP contribution in [0.3, 0.4) is 0 Å². The van der Waals surface area contributed by atoms with Gasteiger partial charge in [0.25, 0.3) is 0 Å². The van der Waals surface area contributed by atoms with Crippen molar-refractivity contribution in [1.82, 2.24) is 4.72 Å². The van der Waals surface area contributed by atoms with Gasteiger partial charge in [-0.25, -0.2) is 17.5 Å². The highest BCUT2D eigenvalue weighted by Gasteiger charge is 2.27. The molecule has 0 amide bonds. The van der Waals surface area contributed by atoms with E-state index in [1.54, 1.807) is 0 Å². The zero-order chi connectivity index (χ0) is 14.8. The maximum atomic E-state index is 13.4. The van der Waals surface area contributed by atoms with Crippen molar-refractivity contribution in [2.75, 3.05) is 18.9 Å². The molecule has 1 saturated heterocycles. The van der Waals surface area contributed by atoms with Crippen molar-refractivity contribution in [3.63, 3.8) is 0 Å². The standard InChI is InChI=1S/C13H19FN2O3S/c1-9(10-5-7-19-8-6-10)16-20(17,18)12-4-2-3-11(14)13(12)15/h2-4,9-10,16H,5-8,15H2,1H3. The molecule has 1 aliphatic rings. The molecule has 0 aliphatic carbocycles. The number of hydrogen-bond donors (Lipinski definition) is 2. The number of nitrogen functional groups attached to an aromatic ring is 1. The van der Waals surface area contributed by atoms with Gasteiger partial charge in [-0.05, 0) is 37.8 Å². The van der Waals surface area contributed by atoms with Crippen LogP contribution in [0.15, 0.2) is 23.1 Å². The van der Waals surface area contributed by atoms with Gasteiger partial charge in [0.15, 0.2) is 0 Å². The van der Waals surface area contributed by atoms with Gasteiger partial charge < -0.3 is 10.5 Å². The number of para-hydroxylation sites is 1. The first-order valence-corrected chi connectivity index (χ1v) is 8.04. The van der Waals surface area contributed by atoms with E-state index in [4.69, 9.17) is 10.5 Å². The fraction of sp³-hybridized carbons (Fsp3) is 0.538. The van der Waals surface area contributed by atoms with Gasteiger partial charge in [-0.3, -0.25) is 0 Å². The second-order valence-electron chi connectivity index (χ2n) is 5.01. The highest BCUT2D eigenvalue weighted by Crippen LogP contribution is 2.24. The molecule has 5 nitrogen and oxygen atoms in total. The number of benzene rings is 1. The van der Waals surface area contributed by atoms with Crippen LogP contribution in [-0.2, 0) is 14.8 Å². The fourth-order valence-corrected chi connectivity index (χ4v) is 3.83. The van der Waals surface area contributed by atoms with Crippen molar-refractivity contribution >= 4 is 15.7 Å². The van der Waals surface area contributed by atoms with E-state index < -0.39 is 15.8 Å². The summed E-state index contributed by atoms with van der Waals surface area (Å²) in [5.41, 5.74) is 5.16. The van der Waals surface area contributed by atoms with Crippen molar-refractivity contribution in [1.29, 1.82) is 0 Å². The first kappa shape index (κ1) is 15.2. The van der Waals surface area contributed by atoms with Gasteiger partial charge in [0.05, 0.1) is 5.69 Å². The van der Waals surface area contributed by atoms with Crippen LogP contribution in [0.2, 0.25) is 0 Å². The lowest BCUT2D eigenvalue weighted by molar-refractivity contribution is 0.0585. The molecule has 112 valence electrons. The Balaban J connectivity index is 2.16. The Kier molecular flexibility index (Phi) is 4.62. The molecule has 1 fully saturated rings. The minimum atomic E-state index is -3.82. The lowest BCUT2D eigenvalue weighted by Crippen LogP contribution is -2.40. The highest BCUT2D eigenvalue weighted by atomic mass is 32.2. The Hall–Kier alpha value is -1.18. The summed E-state index contributed by atoms with van der Waals surface area (Å²) >= 11 is 0. The molecule has 1 aliphatic heterocycles. The lowest BCUT2D eigenvalue weighted by Gasteiger charge is -2.28. The molecule has 20 heavy (non-hydrogen) atoms. The zero-order valence-electron chi connectivity index (χ0n) is 11.3. The van der Waals surface area contributed by atoms with Gasteiger partial charge in [-0.1, -0.05) is 6.07 Å². The van der Waals surface area contributed by atoms with Crippen LogP contribution >= 0.6 is 0 Å². The molecule has 1 unspecified atom stereocenters. The molecular weight excluding hydrogens is 283 g/mol. The molecule has 0 aromatic heterocycles. The van der Waals surface area contributed by atoms with Gasteiger partial charge in [0, 0.05) is 19.3 Å². The summed E-state index contributed by atoms with van der Waals surface area (Å²) in [5.74, 6) is -0.514. The highest BCUT2D eigenvalue weighted by molar-refractivity contribution is 7.89. The molecule has 0 spiro atoms. The summed E-state index contributed by atoms with van der Waals surface area (Å²) in [6.45, 7) is 3.08. The van der Waals surface area contributed by atoms with Gasteiger partial charge in [0.2, 0.25) is 10.0 Å². The second-order valence-corrected chi connectivity index (χ2v) is 6.69. The van der Waals surface area contributed by atoms with E-state index in [2.05, 4.69) is 4.72 Å². The molecule has 3 N–H and O–H groups in total. The molecule has 1 atom stereocenters. The van der Waals surface area contributed by atoms with Crippen LogP contribution in [0.1, 0.15) is 19.8 Å². The SMILES string of the molecule is CC(NS(=O)(=O)c1cccc(F)c1N)C1CCOCC1. The van der Waals surface area contributed by atoms with E-state index in [0.29, 0.717) is 13.2 Å². The summed E-state index contributed by atoms with van der Waals surface area (Å²) < 4.78 is 45.7. The first-order chi connectivity index (χ1) is 9.42. The summed E-state index contributed by atoms with van der Waals surface area (Å²) in [4.78, 5) is -0.212. The van der Waals surface area contributed by atoms with Crippen molar-refractivity contribution in [3.05, 3.63) is 24.0 Å². The third-order valence-corrected chi connectivity index (χ3v) is 5.23. The zero-order valence-corrected chi connectivity index (χ0v) is 12.1. The monoisotopic (exact) mass is 302 g/mol. The predicted octanol–water partition coefficient (Wildman–Crippen LogP) is 1.50. The van der Waals surface area contributed by atoms with Crippen LogP contribution in [0.4, 0.5) is 10.1 Å². The number of nitrogens with one attached hydrogen (secondary N) is 1. The maximum Gasteiger partial charge on any atom is 0.242 e. The van der Waals surface area contributed by atoms with Crippen molar-refractivity contribution in [2.24, 2.45) is 5.92 Å². The molecule has 0 saturated carbocycles. The normalized spacial score (nSPS) is 18.9. The van der Waals surface area contributed by atoms with Gasteiger partial charge >= 0.3 is 0 Å². The van der Waals surface area contributed by atoms with Crippen LogP contribution in [0.25, 0.3) is 0 Å². The average molecular weight is 302 g/mol. The Morgan fingerprint density at radius 2 is 2.05 bits per heavy atom. The van der Waals surface area contributed by atoms with Crippen molar-refractivity contribution in [3.8, 4) is 0 Å².